The summed E-state index contributed by atoms with van der Waals surface area (Å²) in [5, 5.41) is 13.0. The number of anilines is 1. The fourth-order valence-corrected chi connectivity index (χ4v) is 2.83. The summed E-state index contributed by atoms with van der Waals surface area (Å²) in [7, 11) is 0. The molecule has 6 heteroatoms. The minimum absolute atomic E-state index is 0.197. The van der Waals surface area contributed by atoms with Gasteiger partial charge >= 0.3 is 0 Å². The van der Waals surface area contributed by atoms with Gasteiger partial charge in [-0.2, -0.15) is 0 Å². The molecule has 4 nitrogen and oxygen atoms in total. The van der Waals surface area contributed by atoms with Crippen LogP contribution >= 0.6 is 22.9 Å². The molecule has 1 aromatic heterocycles. The second-order valence-corrected chi connectivity index (χ2v) is 6.31. The molecule has 0 aliphatic rings. The average Bonchev–Trinajstić information content (AvgIpc) is 2.92. The lowest BCUT2D eigenvalue weighted by atomic mass is 10.1. The number of guanidine groups is 1. The Bertz CT molecular complexity index is 610. The molecule has 0 bridgehead atoms. The number of aliphatic hydroxyl groups is 1. The van der Waals surface area contributed by atoms with Crippen LogP contribution in [0.1, 0.15) is 23.5 Å². The summed E-state index contributed by atoms with van der Waals surface area (Å²) in [4.78, 5) is 4.93. The highest BCUT2D eigenvalue weighted by molar-refractivity contribution is 7.16. The highest BCUT2D eigenvalue weighted by atomic mass is 35.5. The number of halogens is 1. The Morgan fingerprint density at radius 2 is 2.05 bits per heavy atom. The average molecular weight is 324 g/mol. The van der Waals surface area contributed by atoms with Crippen molar-refractivity contribution in [2.45, 2.75) is 19.4 Å². The molecule has 0 aliphatic heterocycles. The molecule has 1 unspecified atom stereocenters. The largest absolute Gasteiger partial charge is 0.386 e. The molecule has 0 fully saturated rings. The van der Waals surface area contributed by atoms with Gasteiger partial charge in [-0.25, -0.2) is 0 Å². The van der Waals surface area contributed by atoms with Crippen LogP contribution in [0.3, 0.4) is 0 Å². The van der Waals surface area contributed by atoms with Crippen LogP contribution in [0.5, 0.6) is 0 Å². The fraction of sp³-hybridized carbons (Fsp3) is 0.267. The van der Waals surface area contributed by atoms with Gasteiger partial charge in [-0.1, -0.05) is 30.7 Å². The highest BCUT2D eigenvalue weighted by Crippen LogP contribution is 2.26. The minimum atomic E-state index is -0.690. The number of benzene rings is 1. The minimum Gasteiger partial charge on any atom is -0.386 e. The molecule has 2 rings (SSSR count). The third kappa shape index (κ3) is 4.74. The molecular formula is C15H18ClN3OS. The van der Waals surface area contributed by atoms with E-state index in [2.05, 4.69) is 17.2 Å². The summed E-state index contributed by atoms with van der Waals surface area (Å²) in [6.07, 6.45) is 0.310. The van der Waals surface area contributed by atoms with Crippen molar-refractivity contribution in [2.75, 3.05) is 11.9 Å². The van der Waals surface area contributed by atoms with E-state index in [9.17, 15) is 5.11 Å². The van der Waals surface area contributed by atoms with Crippen LogP contribution in [0, 0.1) is 0 Å². The number of nitrogens with zero attached hydrogens (tertiary/aromatic N) is 1. The third-order valence-electron chi connectivity index (χ3n) is 2.99. The molecule has 1 aromatic carbocycles. The summed E-state index contributed by atoms with van der Waals surface area (Å²) in [5.74, 6) is 0.279. The SMILES string of the molecule is CCc1ccc(NC(N)=NCC(O)c2ccc(Cl)s2)cc1. The monoisotopic (exact) mass is 323 g/mol. The first kappa shape index (κ1) is 15.8. The predicted octanol–water partition coefficient (Wildman–Crippen LogP) is 3.42. The zero-order valence-corrected chi connectivity index (χ0v) is 13.3. The normalized spacial score (nSPS) is 13.2. The van der Waals surface area contributed by atoms with Gasteiger partial charge in [0.25, 0.3) is 0 Å². The Morgan fingerprint density at radius 3 is 2.62 bits per heavy atom. The van der Waals surface area contributed by atoms with Crippen LogP contribution in [0.25, 0.3) is 0 Å². The molecule has 21 heavy (non-hydrogen) atoms. The van der Waals surface area contributed by atoms with Crippen LogP contribution in [0.4, 0.5) is 5.69 Å². The lowest BCUT2D eigenvalue weighted by Gasteiger charge is -2.08. The van der Waals surface area contributed by atoms with E-state index in [0.29, 0.717) is 4.34 Å². The summed E-state index contributed by atoms with van der Waals surface area (Å²) in [6.45, 7) is 2.30. The standard InChI is InChI=1S/C15H18ClN3OS/c1-2-10-3-5-11(6-4-10)19-15(17)18-9-12(20)13-7-8-14(16)21-13/h3-8,12,20H,2,9H2,1H3,(H3,17,18,19). The van der Waals surface area contributed by atoms with Gasteiger partial charge in [0.05, 0.1) is 10.9 Å². The van der Waals surface area contributed by atoms with Gasteiger partial charge in [-0.3, -0.25) is 4.99 Å². The van der Waals surface area contributed by atoms with Gasteiger partial charge in [-0.15, -0.1) is 11.3 Å². The van der Waals surface area contributed by atoms with E-state index in [1.807, 2.05) is 24.3 Å². The van der Waals surface area contributed by atoms with Crippen LogP contribution in [-0.2, 0) is 6.42 Å². The van der Waals surface area contributed by atoms with E-state index in [1.165, 1.54) is 16.9 Å². The summed E-state index contributed by atoms with van der Waals surface area (Å²) in [5.41, 5.74) is 7.95. The van der Waals surface area contributed by atoms with Crippen molar-refractivity contribution in [3.05, 3.63) is 51.2 Å². The third-order valence-corrected chi connectivity index (χ3v) is 4.32. The number of aryl methyl sites for hydroxylation is 1. The number of hydrogen-bond acceptors (Lipinski definition) is 3. The van der Waals surface area contributed by atoms with Crippen LogP contribution in [0.2, 0.25) is 4.34 Å². The lowest BCUT2D eigenvalue weighted by Crippen LogP contribution is -2.23. The highest BCUT2D eigenvalue weighted by Gasteiger charge is 2.09. The molecular weight excluding hydrogens is 306 g/mol. The Labute approximate surface area is 133 Å². The first-order chi connectivity index (χ1) is 10.1. The van der Waals surface area contributed by atoms with Crippen molar-refractivity contribution >= 4 is 34.6 Å². The van der Waals surface area contributed by atoms with E-state index in [-0.39, 0.29) is 12.5 Å². The van der Waals surface area contributed by atoms with Crippen LogP contribution < -0.4 is 11.1 Å². The van der Waals surface area contributed by atoms with Crippen molar-refractivity contribution in [1.29, 1.82) is 0 Å². The topological polar surface area (TPSA) is 70.6 Å². The van der Waals surface area contributed by atoms with Crippen molar-refractivity contribution in [2.24, 2.45) is 10.7 Å². The van der Waals surface area contributed by atoms with Gasteiger partial charge in [0.2, 0.25) is 0 Å². The molecule has 2 aromatic rings. The summed E-state index contributed by atoms with van der Waals surface area (Å²) >= 11 is 7.17. The molecule has 0 amide bonds. The van der Waals surface area contributed by atoms with Crippen molar-refractivity contribution in [3.8, 4) is 0 Å². The Hall–Kier alpha value is -1.56. The number of thiophene rings is 1. The molecule has 1 atom stereocenters. The number of nitrogens with two attached hydrogens (primary N) is 1. The first-order valence-electron chi connectivity index (χ1n) is 6.67. The summed E-state index contributed by atoms with van der Waals surface area (Å²) < 4.78 is 0.648. The molecule has 0 saturated carbocycles. The quantitative estimate of drug-likeness (QED) is 0.583. The molecule has 112 valence electrons. The molecule has 0 spiro atoms. The van der Waals surface area contributed by atoms with E-state index in [0.717, 1.165) is 17.0 Å². The van der Waals surface area contributed by atoms with Gasteiger partial charge in [0.1, 0.15) is 6.10 Å². The number of nitrogens with one attached hydrogen (secondary N) is 1. The van der Waals surface area contributed by atoms with E-state index in [1.54, 1.807) is 12.1 Å². The molecule has 0 radical (unpaired) electrons. The van der Waals surface area contributed by atoms with Crippen LogP contribution in [-0.4, -0.2) is 17.6 Å². The Morgan fingerprint density at radius 1 is 1.33 bits per heavy atom. The second kappa shape index (κ2) is 7.45. The van der Waals surface area contributed by atoms with Gasteiger partial charge < -0.3 is 16.2 Å². The van der Waals surface area contributed by atoms with Crippen molar-refractivity contribution < 1.29 is 5.11 Å². The number of rotatable bonds is 5. The van der Waals surface area contributed by atoms with E-state index >= 15 is 0 Å². The molecule has 0 aliphatic carbocycles. The zero-order valence-electron chi connectivity index (χ0n) is 11.7. The molecule has 1 heterocycles. The maximum absolute atomic E-state index is 9.98. The zero-order chi connectivity index (χ0) is 15.2. The van der Waals surface area contributed by atoms with Crippen LogP contribution in [0.15, 0.2) is 41.4 Å². The van der Waals surface area contributed by atoms with Gasteiger partial charge in [-0.05, 0) is 36.2 Å². The number of hydrogen-bond donors (Lipinski definition) is 3. The lowest BCUT2D eigenvalue weighted by molar-refractivity contribution is 0.191. The van der Waals surface area contributed by atoms with Gasteiger partial charge in [0, 0.05) is 10.6 Å². The fourth-order valence-electron chi connectivity index (χ4n) is 1.79. The first-order valence-corrected chi connectivity index (χ1v) is 7.87. The summed E-state index contributed by atoms with van der Waals surface area (Å²) in [6, 6.07) is 11.5. The smallest absolute Gasteiger partial charge is 0.193 e. The number of aliphatic hydroxyl groups excluding tert-OH is 1. The van der Waals surface area contributed by atoms with Crippen molar-refractivity contribution in [1.82, 2.24) is 0 Å². The Balaban J connectivity index is 1.91. The van der Waals surface area contributed by atoms with Gasteiger partial charge in [0.15, 0.2) is 5.96 Å². The number of aliphatic imine (C=N–C) groups is 1. The van der Waals surface area contributed by atoms with E-state index in [4.69, 9.17) is 17.3 Å². The maximum atomic E-state index is 9.98. The maximum Gasteiger partial charge on any atom is 0.193 e. The van der Waals surface area contributed by atoms with E-state index < -0.39 is 6.10 Å². The van der Waals surface area contributed by atoms with Crippen molar-refractivity contribution in [3.63, 3.8) is 0 Å². The molecule has 0 saturated heterocycles. The Kier molecular flexibility index (Phi) is 5.61. The molecule has 4 N–H and O–H groups in total. The predicted molar refractivity (Wildman–Crippen MR) is 90.2 cm³/mol. The second-order valence-electron chi connectivity index (χ2n) is 4.56.